The third kappa shape index (κ3) is 5.49. The van der Waals surface area contributed by atoms with Crippen molar-refractivity contribution in [3.63, 3.8) is 0 Å². The van der Waals surface area contributed by atoms with Gasteiger partial charge >= 0.3 is 5.76 Å². The smallest absolute Gasteiger partial charge is 0.419 e. The summed E-state index contributed by atoms with van der Waals surface area (Å²) < 4.78 is 12.1. The topological polar surface area (TPSA) is 97.7 Å². The molecule has 35 heavy (non-hydrogen) atoms. The Morgan fingerprint density at radius 2 is 1.89 bits per heavy atom. The molecule has 0 atom stereocenters. The number of oxazole rings is 1. The van der Waals surface area contributed by atoms with Gasteiger partial charge in [0.15, 0.2) is 5.58 Å². The molecule has 0 spiro atoms. The fourth-order valence-electron chi connectivity index (χ4n) is 3.92. The average Bonchev–Trinajstić information content (AvgIpc) is 3.39. The predicted octanol–water partition coefficient (Wildman–Crippen LogP) is 4.35. The first-order valence-corrected chi connectivity index (χ1v) is 11.8. The van der Waals surface area contributed by atoms with Crippen LogP contribution >= 0.6 is 11.6 Å². The first-order valence-electron chi connectivity index (χ1n) is 11.4. The number of furan rings is 1. The highest BCUT2D eigenvalue weighted by Gasteiger charge is 2.24. The van der Waals surface area contributed by atoms with E-state index in [1.165, 1.54) is 4.57 Å². The van der Waals surface area contributed by atoms with Gasteiger partial charge in [-0.25, -0.2) is 4.79 Å². The summed E-state index contributed by atoms with van der Waals surface area (Å²) in [4.78, 5) is 39.5. The Kier molecular flexibility index (Phi) is 6.46. The van der Waals surface area contributed by atoms with Crippen LogP contribution in [-0.2, 0) is 24.4 Å². The molecule has 2 aromatic carbocycles. The third-order valence-corrected chi connectivity index (χ3v) is 6.20. The van der Waals surface area contributed by atoms with Crippen molar-refractivity contribution in [2.24, 2.45) is 0 Å². The maximum absolute atomic E-state index is 13.2. The zero-order valence-corrected chi connectivity index (χ0v) is 19.7. The summed E-state index contributed by atoms with van der Waals surface area (Å²) in [5, 5.41) is 3.44. The Balaban J connectivity index is 1.29. The molecule has 4 aromatic rings. The SMILES string of the molecule is O=C(NC1CC1)c1ccc(CN(Cc2ccco2)C(=O)CCn2c(=O)oc3cc(Cl)ccc32)cc1. The molecule has 8 nitrogen and oxygen atoms in total. The van der Waals surface area contributed by atoms with Gasteiger partial charge in [0, 0.05) is 42.2 Å². The number of carbonyl (C=O) groups is 2. The lowest BCUT2D eigenvalue weighted by Crippen LogP contribution is -2.31. The summed E-state index contributed by atoms with van der Waals surface area (Å²) in [5.74, 6) is -0.110. The molecule has 1 aliphatic rings. The van der Waals surface area contributed by atoms with Crippen LogP contribution in [0.1, 0.15) is 40.9 Å². The molecule has 9 heteroatoms. The van der Waals surface area contributed by atoms with Crippen LogP contribution in [0.25, 0.3) is 11.1 Å². The Bertz CT molecular complexity index is 1400. The van der Waals surface area contributed by atoms with Gasteiger partial charge in [0.2, 0.25) is 5.91 Å². The summed E-state index contributed by atoms with van der Waals surface area (Å²) in [6.07, 6.45) is 3.72. The second-order valence-electron chi connectivity index (χ2n) is 8.66. The number of amides is 2. The Morgan fingerprint density at radius 1 is 1.09 bits per heavy atom. The van der Waals surface area contributed by atoms with Crippen molar-refractivity contribution in [2.45, 2.75) is 44.9 Å². The number of hydrogen-bond acceptors (Lipinski definition) is 5. The van der Waals surface area contributed by atoms with E-state index < -0.39 is 5.76 Å². The van der Waals surface area contributed by atoms with E-state index in [0.717, 1.165) is 18.4 Å². The number of benzene rings is 2. The number of fused-ring (bicyclic) bond motifs is 1. The number of aryl methyl sites for hydroxylation is 1. The minimum atomic E-state index is -0.535. The van der Waals surface area contributed by atoms with Crippen molar-refractivity contribution in [3.05, 3.63) is 93.3 Å². The summed E-state index contributed by atoms with van der Waals surface area (Å²) in [7, 11) is 0. The molecule has 0 saturated heterocycles. The summed E-state index contributed by atoms with van der Waals surface area (Å²) >= 11 is 5.98. The lowest BCUT2D eigenvalue weighted by atomic mass is 10.1. The van der Waals surface area contributed by atoms with Gasteiger partial charge in [0.25, 0.3) is 5.91 Å². The van der Waals surface area contributed by atoms with Crippen LogP contribution in [0.2, 0.25) is 5.02 Å². The van der Waals surface area contributed by atoms with Crippen molar-refractivity contribution in [1.82, 2.24) is 14.8 Å². The lowest BCUT2D eigenvalue weighted by molar-refractivity contribution is -0.133. The van der Waals surface area contributed by atoms with Crippen molar-refractivity contribution >= 4 is 34.5 Å². The zero-order chi connectivity index (χ0) is 24.4. The molecule has 1 N–H and O–H groups in total. The van der Waals surface area contributed by atoms with Gasteiger partial charge in [-0.3, -0.25) is 14.2 Å². The van der Waals surface area contributed by atoms with Crippen LogP contribution in [0, 0.1) is 0 Å². The van der Waals surface area contributed by atoms with Crippen molar-refractivity contribution in [1.29, 1.82) is 0 Å². The lowest BCUT2D eigenvalue weighted by Gasteiger charge is -2.22. The van der Waals surface area contributed by atoms with Gasteiger partial charge in [0.05, 0.1) is 18.3 Å². The van der Waals surface area contributed by atoms with Crippen LogP contribution in [-0.4, -0.2) is 27.3 Å². The van der Waals surface area contributed by atoms with Gasteiger partial charge in [-0.15, -0.1) is 0 Å². The van der Waals surface area contributed by atoms with Crippen LogP contribution in [0.3, 0.4) is 0 Å². The van der Waals surface area contributed by atoms with E-state index in [4.69, 9.17) is 20.4 Å². The van der Waals surface area contributed by atoms with E-state index in [1.807, 2.05) is 18.2 Å². The van der Waals surface area contributed by atoms with Crippen LogP contribution in [0.4, 0.5) is 0 Å². The van der Waals surface area contributed by atoms with Crippen LogP contribution in [0.5, 0.6) is 0 Å². The Hall–Kier alpha value is -3.78. The molecular formula is C26H24ClN3O5. The van der Waals surface area contributed by atoms with Gasteiger partial charge in [-0.1, -0.05) is 23.7 Å². The zero-order valence-electron chi connectivity index (χ0n) is 18.9. The van der Waals surface area contributed by atoms with E-state index in [0.29, 0.717) is 40.0 Å². The number of nitrogens with one attached hydrogen (secondary N) is 1. The standard InChI is InChI=1S/C26H24ClN3O5/c27-19-7-10-22-23(14-19)35-26(33)30(22)12-11-24(31)29(16-21-2-1-13-34-21)15-17-3-5-18(6-4-17)25(32)28-20-8-9-20/h1-7,10,13-14,20H,8-9,11-12,15-16H2,(H,28,32). The normalized spacial score (nSPS) is 13.2. The highest BCUT2D eigenvalue weighted by Crippen LogP contribution is 2.21. The molecule has 0 aliphatic heterocycles. The van der Waals surface area contributed by atoms with Crippen molar-refractivity contribution < 1.29 is 18.4 Å². The number of rotatable bonds is 9. The molecule has 0 bridgehead atoms. The van der Waals surface area contributed by atoms with Crippen molar-refractivity contribution in [3.8, 4) is 0 Å². The Morgan fingerprint density at radius 3 is 2.60 bits per heavy atom. The molecular weight excluding hydrogens is 470 g/mol. The van der Waals surface area contributed by atoms with E-state index in [2.05, 4.69) is 5.32 Å². The van der Waals surface area contributed by atoms with Gasteiger partial charge in [-0.05, 0) is 54.8 Å². The number of aromatic nitrogens is 1. The van der Waals surface area contributed by atoms with E-state index in [1.54, 1.807) is 47.6 Å². The molecule has 0 unspecified atom stereocenters. The molecule has 0 radical (unpaired) electrons. The third-order valence-electron chi connectivity index (χ3n) is 5.96. The van der Waals surface area contributed by atoms with Crippen LogP contribution in [0.15, 0.2) is 74.5 Å². The van der Waals surface area contributed by atoms with Crippen molar-refractivity contribution in [2.75, 3.05) is 0 Å². The van der Waals surface area contributed by atoms with Gasteiger partial charge in [-0.2, -0.15) is 0 Å². The van der Waals surface area contributed by atoms with Crippen LogP contribution < -0.4 is 11.1 Å². The van der Waals surface area contributed by atoms with Gasteiger partial charge < -0.3 is 19.1 Å². The fraction of sp³-hybridized carbons (Fsp3) is 0.269. The number of halogens is 1. The molecule has 1 aliphatic carbocycles. The predicted molar refractivity (Wildman–Crippen MR) is 130 cm³/mol. The monoisotopic (exact) mass is 493 g/mol. The summed E-state index contributed by atoms with van der Waals surface area (Å²) in [5.41, 5.74) is 2.45. The maximum Gasteiger partial charge on any atom is 0.419 e. The first-order chi connectivity index (χ1) is 17.0. The molecule has 2 aromatic heterocycles. The summed E-state index contributed by atoms with van der Waals surface area (Å²) in [6.45, 7) is 0.786. The molecule has 1 fully saturated rings. The Labute approximate surface area is 206 Å². The largest absolute Gasteiger partial charge is 0.467 e. The average molecular weight is 494 g/mol. The number of carbonyl (C=O) groups excluding carboxylic acids is 2. The minimum absolute atomic E-state index is 0.0818. The van der Waals surface area contributed by atoms with E-state index in [-0.39, 0.29) is 31.3 Å². The molecule has 5 rings (SSSR count). The molecule has 2 heterocycles. The maximum atomic E-state index is 13.2. The highest BCUT2D eigenvalue weighted by atomic mass is 35.5. The van der Waals surface area contributed by atoms with E-state index in [9.17, 15) is 14.4 Å². The second kappa shape index (κ2) is 9.84. The second-order valence-corrected chi connectivity index (χ2v) is 9.09. The quantitative estimate of drug-likeness (QED) is 0.374. The molecule has 180 valence electrons. The molecule has 1 saturated carbocycles. The van der Waals surface area contributed by atoms with E-state index >= 15 is 0 Å². The number of nitrogens with zero attached hydrogens (tertiary/aromatic N) is 2. The molecule has 2 amide bonds. The fourth-order valence-corrected chi connectivity index (χ4v) is 4.08. The number of hydrogen-bond donors (Lipinski definition) is 1. The first kappa shape index (κ1) is 23.0. The van der Waals surface area contributed by atoms with Gasteiger partial charge in [0.1, 0.15) is 5.76 Å². The minimum Gasteiger partial charge on any atom is -0.467 e. The highest BCUT2D eigenvalue weighted by molar-refractivity contribution is 6.31. The summed E-state index contributed by atoms with van der Waals surface area (Å²) in [6, 6.07) is 16.1.